The van der Waals surface area contributed by atoms with Gasteiger partial charge in [0.15, 0.2) is 0 Å². The lowest BCUT2D eigenvalue weighted by molar-refractivity contribution is -0.202. The second kappa shape index (κ2) is 7.01. The van der Waals surface area contributed by atoms with Crippen molar-refractivity contribution in [2.75, 3.05) is 19.7 Å². The van der Waals surface area contributed by atoms with Crippen LogP contribution in [0.5, 0.6) is 0 Å². The zero-order chi connectivity index (χ0) is 18.1. The van der Waals surface area contributed by atoms with Crippen molar-refractivity contribution < 1.29 is 14.3 Å². The molecule has 0 amide bonds. The van der Waals surface area contributed by atoms with E-state index >= 15 is 0 Å². The lowest BCUT2D eigenvalue weighted by atomic mass is 9.53. The topological polar surface area (TPSA) is 47.6 Å². The molecule has 1 aliphatic heterocycles. The van der Waals surface area contributed by atoms with Crippen LogP contribution in [0.3, 0.4) is 0 Å². The van der Waals surface area contributed by atoms with Crippen LogP contribution in [-0.2, 0) is 19.9 Å². The SMILES string of the molecule is CC(C)(C)OC(=O)COC1(c2cccc(Br)c2)CC2(CCNCC2)C1. The average Bonchev–Trinajstić information content (AvgIpc) is 2.50. The largest absolute Gasteiger partial charge is 0.458 e. The second-order valence-electron chi connectivity index (χ2n) is 8.48. The van der Waals surface area contributed by atoms with E-state index in [-0.39, 0.29) is 18.2 Å². The molecule has 5 heteroatoms. The number of carbonyl (C=O) groups is 1. The standard InChI is InChI=1S/C20H28BrNO3/c1-18(2,3)25-17(23)12-24-20(15-5-4-6-16(21)11-15)13-19(14-20)7-9-22-10-8-19/h4-6,11,22H,7-10,12-14H2,1-3H3. The molecule has 0 bridgehead atoms. The van der Waals surface area contributed by atoms with Crippen molar-refractivity contribution in [3.05, 3.63) is 34.3 Å². The number of halogens is 1. The van der Waals surface area contributed by atoms with Gasteiger partial charge in [0.2, 0.25) is 0 Å². The summed E-state index contributed by atoms with van der Waals surface area (Å²) in [5.74, 6) is -0.298. The average molecular weight is 410 g/mol. The molecule has 2 fully saturated rings. The zero-order valence-corrected chi connectivity index (χ0v) is 16.9. The molecule has 1 heterocycles. The minimum Gasteiger partial charge on any atom is -0.458 e. The Morgan fingerprint density at radius 2 is 1.92 bits per heavy atom. The maximum Gasteiger partial charge on any atom is 0.332 e. The third-order valence-electron chi connectivity index (χ3n) is 5.22. The molecule has 1 aromatic carbocycles. The number of ether oxygens (including phenoxy) is 2. The number of hydrogen-bond donors (Lipinski definition) is 1. The summed E-state index contributed by atoms with van der Waals surface area (Å²) in [7, 11) is 0. The van der Waals surface area contributed by atoms with Crippen molar-refractivity contribution in [3.63, 3.8) is 0 Å². The molecule has 3 rings (SSSR count). The molecule has 1 saturated heterocycles. The van der Waals surface area contributed by atoms with E-state index in [2.05, 4.69) is 33.4 Å². The Kier molecular flexibility index (Phi) is 5.29. The number of hydrogen-bond acceptors (Lipinski definition) is 4. The predicted octanol–water partition coefficient (Wildman–Crippen LogP) is 4.17. The molecule has 1 aromatic rings. The van der Waals surface area contributed by atoms with Crippen molar-refractivity contribution in [1.29, 1.82) is 0 Å². The molecule has 25 heavy (non-hydrogen) atoms. The fourth-order valence-corrected chi connectivity index (χ4v) is 4.60. The van der Waals surface area contributed by atoms with Gasteiger partial charge in [0.05, 0.1) is 5.60 Å². The molecule has 138 valence electrons. The molecule has 1 aliphatic carbocycles. The predicted molar refractivity (Wildman–Crippen MR) is 101 cm³/mol. The Morgan fingerprint density at radius 1 is 1.24 bits per heavy atom. The Labute approximate surface area is 158 Å². The van der Waals surface area contributed by atoms with Crippen molar-refractivity contribution in [2.45, 2.75) is 57.7 Å². The van der Waals surface area contributed by atoms with Crippen LogP contribution in [0.2, 0.25) is 0 Å². The van der Waals surface area contributed by atoms with Crippen LogP contribution in [0.15, 0.2) is 28.7 Å². The van der Waals surface area contributed by atoms with Crippen molar-refractivity contribution in [2.24, 2.45) is 5.41 Å². The number of piperidine rings is 1. The number of carbonyl (C=O) groups excluding carboxylic acids is 1. The van der Waals surface area contributed by atoms with Crippen LogP contribution in [0.4, 0.5) is 0 Å². The highest BCUT2D eigenvalue weighted by atomic mass is 79.9. The summed E-state index contributed by atoms with van der Waals surface area (Å²) in [6.07, 6.45) is 4.30. The van der Waals surface area contributed by atoms with Crippen LogP contribution in [0.25, 0.3) is 0 Å². The van der Waals surface area contributed by atoms with E-state index in [1.807, 2.05) is 32.9 Å². The first-order valence-electron chi connectivity index (χ1n) is 9.05. The molecule has 1 spiro atoms. The maximum absolute atomic E-state index is 12.1. The third kappa shape index (κ3) is 4.44. The minimum absolute atomic E-state index is 0.00187. The van der Waals surface area contributed by atoms with Gasteiger partial charge in [0.25, 0.3) is 0 Å². The Balaban J connectivity index is 1.74. The molecule has 0 atom stereocenters. The molecule has 2 aliphatic rings. The summed E-state index contributed by atoms with van der Waals surface area (Å²) in [5.41, 5.74) is 0.633. The smallest absolute Gasteiger partial charge is 0.332 e. The molecule has 0 radical (unpaired) electrons. The summed E-state index contributed by atoms with van der Waals surface area (Å²) >= 11 is 3.56. The third-order valence-corrected chi connectivity index (χ3v) is 5.72. The van der Waals surface area contributed by atoms with E-state index in [1.165, 1.54) is 12.8 Å². The van der Waals surface area contributed by atoms with E-state index in [1.54, 1.807) is 0 Å². The van der Waals surface area contributed by atoms with Gasteiger partial charge < -0.3 is 14.8 Å². The van der Waals surface area contributed by atoms with Crippen LogP contribution in [0, 0.1) is 5.41 Å². The molecule has 1 saturated carbocycles. The van der Waals surface area contributed by atoms with Gasteiger partial charge in [-0.3, -0.25) is 0 Å². The van der Waals surface area contributed by atoms with Crippen LogP contribution in [0.1, 0.15) is 52.0 Å². The van der Waals surface area contributed by atoms with Crippen LogP contribution in [-0.4, -0.2) is 31.3 Å². The fraction of sp³-hybridized carbons (Fsp3) is 0.650. The van der Waals surface area contributed by atoms with Crippen molar-refractivity contribution in [1.82, 2.24) is 5.32 Å². The molecule has 1 N–H and O–H groups in total. The Bertz CT molecular complexity index is 624. The van der Waals surface area contributed by atoms with Gasteiger partial charge in [0, 0.05) is 4.47 Å². The monoisotopic (exact) mass is 409 g/mol. The Hall–Kier alpha value is -0.910. The number of rotatable bonds is 4. The number of nitrogens with one attached hydrogen (secondary N) is 1. The first-order valence-corrected chi connectivity index (χ1v) is 9.84. The van der Waals surface area contributed by atoms with Gasteiger partial charge in [-0.05, 0) is 82.7 Å². The Morgan fingerprint density at radius 3 is 2.52 bits per heavy atom. The fourth-order valence-electron chi connectivity index (χ4n) is 4.20. The first kappa shape index (κ1) is 18.9. The normalized spacial score (nSPS) is 21.6. The maximum atomic E-state index is 12.1. The van der Waals surface area contributed by atoms with E-state index in [4.69, 9.17) is 9.47 Å². The second-order valence-corrected chi connectivity index (χ2v) is 9.40. The van der Waals surface area contributed by atoms with Gasteiger partial charge in [-0.2, -0.15) is 0 Å². The van der Waals surface area contributed by atoms with Gasteiger partial charge in [-0.25, -0.2) is 4.79 Å². The van der Waals surface area contributed by atoms with Gasteiger partial charge in [-0.1, -0.05) is 28.1 Å². The highest BCUT2D eigenvalue weighted by Crippen LogP contribution is 2.60. The quantitative estimate of drug-likeness (QED) is 0.758. The van der Waals surface area contributed by atoms with Crippen molar-refractivity contribution >= 4 is 21.9 Å². The van der Waals surface area contributed by atoms with E-state index < -0.39 is 5.60 Å². The van der Waals surface area contributed by atoms with Gasteiger partial charge >= 0.3 is 5.97 Å². The molecular weight excluding hydrogens is 382 g/mol. The molecule has 0 unspecified atom stereocenters. The lowest BCUT2D eigenvalue weighted by Crippen LogP contribution is -2.55. The van der Waals surface area contributed by atoms with Crippen molar-refractivity contribution in [3.8, 4) is 0 Å². The van der Waals surface area contributed by atoms with Crippen LogP contribution < -0.4 is 5.32 Å². The summed E-state index contributed by atoms with van der Waals surface area (Å²) < 4.78 is 12.7. The minimum atomic E-state index is -0.487. The number of benzene rings is 1. The summed E-state index contributed by atoms with van der Waals surface area (Å²) in [5, 5.41) is 3.44. The summed E-state index contributed by atoms with van der Waals surface area (Å²) in [6.45, 7) is 7.77. The zero-order valence-electron chi connectivity index (χ0n) is 15.4. The van der Waals surface area contributed by atoms with E-state index in [0.717, 1.165) is 36.0 Å². The van der Waals surface area contributed by atoms with E-state index in [0.29, 0.717) is 5.41 Å². The van der Waals surface area contributed by atoms with Gasteiger partial charge in [-0.15, -0.1) is 0 Å². The summed E-state index contributed by atoms with van der Waals surface area (Å²) in [6, 6.07) is 8.27. The molecule has 4 nitrogen and oxygen atoms in total. The van der Waals surface area contributed by atoms with Gasteiger partial charge in [0.1, 0.15) is 12.2 Å². The molecular formula is C20H28BrNO3. The molecule has 0 aromatic heterocycles. The number of esters is 1. The van der Waals surface area contributed by atoms with E-state index in [9.17, 15) is 4.79 Å². The highest BCUT2D eigenvalue weighted by Gasteiger charge is 2.56. The lowest BCUT2D eigenvalue weighted by Gasteiger charge is -2.58. The highest BCUT2D eigenvalue weighted by molar-refractivity contribution is 9.10. The first-order chi connectivity index (χ1) is 11.7. The van der Waals surface area contributed by atoms with Crippen LogP contribution >= 0.6 is 15.9 Å². The summed E-state index contributed by atoms with van der Waals surface area (Å²) in [4.78, 5) is 12.1.